The Morgan fingerprint density at radius 3 is 2.84 bits per heavy atom. The van der Waals surface area contributed by atoms with E-state index < -0.39 is 0 Å². The molecule has 108 valence electrons. The van der Waals surface area contributed by atoms with Gasteiger partial charge in [-0.3, -0.25) is 0 Å². The molecule has 1 aromatic heterocycles. The third kappa shape index (κ3) is 4.32. The van der Waals surface area contributed by atoms with Gasteiger partial charge in [0.15, 0.2) is 5.89 Å². The summed E-state index contributed by atoms with van der Waals surface area (Å²) in [4.78, 5) is 4.38. The van der Waals surface area contributed by atoms with E-state index in [2.05, 4.69) is 38.0 Å². The molecule has 19 heavy (non-hydrogen) atoms. The molecule has 0 bridgehead atoms. The predicted molar refractivity (Wildman–Crippen MR) is 75.4 cm³/mol. The Balaban J connectivity index is 1.78. The Morgan fingerprint density at radius 1 is 1.42 bits per heavy atom. The second kappa shape index (κ2) is 6.06. The van der Waals surface area contributed by atoms with E-state index in [1.165, 1.54) is 0 Å². The first-order valence-corrected chi connectivity index (χ1v) is 7.27. The van der Waals surface area contributed by atoms with Crippen molar-refractivity contribution in [1.29, 1.82) is 0 Å². The molecule has 2 unspecified atom stereocenters. The standard InChI is InChI=1S/C15H26N2O2/c1-11-12(7-9-18-11)13-10-16-14(19-13)6-5-8-17-15(2,3)4/h10-12,17H,5-9H2,1-4H3. The second-order valence-corrected chi connectivity index (χ2v) is 6.41. The van der Waals surface area contributed by atoms with E-state index in [0.717, 1.165) is 44.1 Å². The molecule has 0 aliphatic carbocycles. The van der Waals surface area contributed by atoms with Gasteiger partial charge in [-0.25, -0.2) is 4.98 Å². The molecule has 4 heteroatoms. The fourth-order valence-electron chi connectivity index (χ4n) is 2.42. The summed E-state index contributed by atoms with van der Waals surface area (Å²) in [7, 11) is 0. The van der Waals surface area contributed by atoms with Crippen molar-refractivity contribution in [2.24, 2.45) is 0 Å². The van der Waals surface area contributed by atoms with Gasteiger partial charge in [0.1, 0.15) is 5.76 Å². The van der Waals surface area contributed by atoms with Crippen molar-refractivity contribution in [3.05, 3.63) is 17.8 Å². The summed E-state index contributed by atoms with van der Waals surface area (Å²) in [5.41, 5.74) is 0.179. The van der Waals surface area contributed by atoms with Gasteiger partial charge in [0.25, 0.3) is 0 Å². The van der Waals surface area contributed by atoms with Gasteiger partial charge in [0, 0.05) is 24.5 Å². The van der Waals surface area contributed by atoms with Crippen LogP contribution in [0.25, 0.3) is 0 Å². The lowest BCUT2D eigenvalue weighted by molar-refractivity contribution is 0.115. The lowest BCUT2D eigenvalue weighted by Gasteiger charge is -2.20. The number of nitrogens with zero attached hydrogens (tertiary/aromatic N) is 1. The van der Waals surface area contributed by atoms with Crippen molar-refractivity contribution in [3.8, 4) is 0 Å². The van der Waals surface area contributed by atoms with Gasteiger partial charge in [-0.05, 0) is 47.1 Å². The van der Waals surface area contributed by atoms with Crippen molar-refractivity contribution >= 4 is 0 Å². The summed E-state index contributed by atoms with van der Waals surface area (Å²) >= 11 is 0. The Labute approximate surface area is 115 Å². The fraction of sp³-hybridized carbons (Fsp3) is 0.800. The molecule has 1 aliphatic heterocycles. The van der Waals surface area contributed by atoms with Crippen molar-refractivity contribution in [2.75, 3.05) is 13.2 Å². The molecule has 0 radical (unpaired) electrons. The molecule has 1 saturated heterocycles. The lowest BCUT2D eigenvalue weighted by atomic mass is 10.0. The molecular formula is C15H26N2O2. The Kier molecular flexibility index (Phi) is 4.63. The van der Waals surface area contributed by atoms with Crippen LogP contribution in [0.1, 0.15) is 58.1 Å². The number of nitrogens with one attached hydrogen (secondary N) is 1. The van der Waals surface area contributed by atoms with Gasteiger partial charge in [0.2, 0.25) is 0 Å². The van der Waals surface area contributed by atoms with Crippen LogP contribution in [0.2, 0.25) is 0 Å². The molecule has 0 spiro atoms. The van der Waals surface area contributed by atoms with E-state index in [4.69, 9.17) is 9.15 Å². The van der Waals surface area contributed by atoms with Crippen molar-refractivity contribution in [3.63, 3.8) is 0 Å². The van der Waals surface area contributed by atoms with Crippen LogP contribution in [-0.2, 0) is 11.2 Å². The zero-order chi connectivity index (χ0) is 13.9. The third-order valence-electron chi connectivity index (χ3n) is 3.54. The molecule has 0 aromatic carbocycles. The number of oxazole rings is 1. The van der Waals surface area contributed by atoms with Crippen LogP contribution in [0.15, 0.2) is 10.6 Å². The van der Waals surface area contributed by atoms with Gasteiger partial charge in [-0.1, -0.05) is 0 Å². The van der Waals surface area contributed by atoms with Crippen LogP contribution in [-0.4, -0.2) is 29.8 Å². The van der Waals surface area contributed by atoms with Crippen LogP contribution in [0, 0.1) is 0 Å². The molecule has 1 aliphatic rings. The van der Waals surface area contributed by atoms with Crippen LogP contribution in [0.3, 0.4) is 0 Å². The van der Waals surface area contributed by atoms with E-state index in [-0.39, 0.29) is 11.6 Å². The minimum Gasteiger partial charge on any atom is -0.445 e. The highest BCUT2D eigenvalue weighted by Gasteiger charge is 2.28. The Morgan fingerprint density at radius 2 is 2.21 bits per heavy atom. The zero-order valence-electron chi connectivity index (χ0n) is 12.5. The first kappa shape index (κ1) is 14.5. The molecule has 0 amide bonds. The number of ether oxygens (including phenoxy) is 1. The molecule has 2 atom stereocenters. The van der Waals surface area contributed by atoms with Gasteiger partial charge in [0.05, 0.1) is 12.3 Å². The van der Waals surface area contributed by atoms with E-state index in [9.17, 15) is 0 Å². The first-order chi connectivity index (χ1) is 8.96. The maximum atomic E-state index is 5.85. The number of aryl methyl sites for hydroxylation is 1. The third-order valence-corrected chi connectivity index (χ3v) is 3.54. The van der Waals surface area contributed by atoms with Crippen molar-refractivity contribution < 1.29 is 9.15 Å². The SMILES string of the molecule is CC1OCCC1c1cnc(CCCNC(C)(C)C)o1. The van der Waals surface area contributed by atoms with Crippen molar-refractivity contribution in [1.82, 2.24) is 10.3 Å². The number of hydrogen-bond acceptors (Lipinski definition) is 4. The smallest absolute Gasteiger partial charge is 0.194 e. The summed E-state index contributed by atoms with van der Waals surface area (Å²) in [6.07, 6.45) is 5.12. The predicted octanol–water partition coefficient (Wildman–Crippen LogP) is 2.89. The average Bonchev–Trinajstić information content (AvgIpc) is 2.91. The molecule has 2 heterocycles. The Bertz CT molecular complexity index is 395. The van der Waals surface area contributed by atoms with Crippen molar-refractivity contribution in [2.45, 2.75) is 64.5 Å². The normalized spacial score (nSPS) is 24.0. The average molecular weight is 266 g/mol. The second-order valence-electron chi connectivity index (χ2n) is 6.41. The quantitative estimate of drug-likeness (QED) is 0.832. The van der Waals surface area contributed by atoms with Crippen LogP contribution in [0.5, 0.6) is 0 Å². The summed E-state index contributed by atoms with van der Waals surface area (Å²) in [5, 5.41) is 3.47. The summed E-state index contributed by atoms with van der Waals surface area (Å²) in [5.74, 6) is 2.22. The molecule has 1 N–H and O–H groups in total. The van der Waals surface area contributed by atoms with Gasteiger partial charge in [-0.15, -0.1) is 0 Å². The fourth-order valence-corrected chi connectivity index (χ4v) is 2.42. The minimum absolute atomic E-state index is 0.179. The highest BCUT2D eigenvalue weighted by atomic mass is 16.5. The van der Waals surface area contributed by atoms with Gasteiger partial charge in [-0.2, -0.15) is 0 Å². The number of hydrogen-bond donors (Lipinski definition) is 1. The zero-order valence-corrected chi connectivity index (χ0v) is 12.5. The van der Waals surface area contributed by atoms with E-state index in [0.29, 0.717) is 5.92 Å². The highest BCUT2D eigenvalue weighted by molar-refractivity contribution is 5.06. The molecular weight excluding hydrogens is 240 g/mol. The topological polar surface area (TPSA) is 47.3 Å². The van der Waals surface area contributed by atoms with E-state index in [1.54, 1.807) is 0 Å². The maximum Gasteiger partial charge on any atom is 0.194 e. The summed E-state index contributed by atoms with van der Waals surface area (Å²) in [6.45, 7) is 10.5. The van der Waals surface area contributed by atoms with Gasteiger partial charge < -0.3 is 14.5 Å². The molecule has 0 saturated carbocycles. The molecule has 1 aromatic rings. The molecule has 1 fully saturated rings. The monoisotopic (exact) mass is 266 g/mol. The van der Waals surface area contributed by atoms with E-state index >= 15 is 0 Å². The van der Waals surface area contributed by atoms with Crippen LogP contribution < -0.4 is 5.32 Å². The highest BCUT2D eigenvalue weighted by Crippen LogP contribution is 2.31. The minimum atomic E-state index is 0.179. The summed E-state index contributed by atoms with van der Waals surface area (Å²) in [6, 6.07) is 0. The summed E-state index contributed by atoms with van der Waals surface area (Å²) < 4.78 is 11.4. The van der Waals surface area contributed by atoms with Crippen LogP contribution >= 0.6 is 0 Å². The Hall–Kier alpha value is -0.870. The molecule has 2 rings (SSSR count). The number of rotatable bonds is 5. The maximum absolute atomic E-state index is 5.85. The lowest BCUT2D eigenvalue weighted by Crippen LogP contribution is -2.36. The van der Waals surface area contributed by atoms with Gasteiger partial charge >= 0.3 is 0 Å². The largest absolute Gasteiger partial charge is 0.445 e. The van der Waals surface area contributed by atoms with Crippen LogP contribution in [0.4, 0.5) is 0 Å². The van der Waals surface area contributed by atoms with E-state index in [1.807, 2.05) is 6.20 Å². The molecule has 4 nitrogen and oxygen atoms in total. The number of aromatic nitrogens is 1. The first-order valence-electron chi connectivity index (χ1n) is 7.27.